The topological polar surface area (TPSA) is 90.2 Å². The van der Waals surface area contributed by atoms with Gasteiger partial charge in [0.2, 0.25) is 5.83 Å². The molecule has 31 heavy (non-hydrogen) atoms. The van der Waals surface area contributed by atoms with Gasteiger partial charge in [-0.25, -0.2) is 4.79 Å². The zero-order valence-corrected chi connectivity index (χ0v) is 19.6. The van der Waals surface area contributed by atoms with Crippen LogP contribution in [-0.4, -0.2) is 32.5 Å². The monoisotopic (exact) mass is 513 g/mol. The maximum absolute atomic E-state index is 13.4. The Morgan fingerprint density at radius 2 is 1.90 bits per heavy atom. The number of fused-ring (bicyclic) bond motifs is 1. The standard InChI is InChI=1S/C22H25BrFNO5S/c1-3-22(4-2)13-25(15-8-6-5-7-9-15)18-10-16(23)19(30-12-17(24)21(26)27)11-20(18)31(28,29)14-22/h5-12,28-29H,3-4,13-14H2,1-2H3,(H,26,27). The minimum atomic E-state index is -3.22. The van der Waals surface area contributed by atoms with E-state index in [0.29, 0.717) is 23.0 Å². The van der Waals surface area contributed by atoms with Gasteiger partial charge < -0.3 is 14.7 Å². The van der Waals surface area contributed by atoms with E-state index in [1.54, 1.807) is 6.07 Å². The number of aliphatic carboxylic acids is 1. The van der Waals surface area contributed by atoms with Crippen LogP contribution in [-0.2, 0) is 4.79 Å². The van der Waals surface area contributed by atoms with Crippen molar-refractivity contribution in [1.82, 2.24) is 0 Å². The van der Waals surface area contributed by atoms with Gasteiger partial charge in [0.15, 0.2) is 0 Å². The highest BCUT2D eigenvalue weighted by atomic mass is 79.9. The quantitative estimate of drug-likeness (QED) is 0.291. The Bertz CT molecular complexity index is 995. The average molecular weight is 514 g/mol. The van der Waals surface area contributed by atoms with E-state index in [4.69, 9.17) is 9.84 Å². The van der Waals surface area contributed by atoms with Crippen molar-refractivity contribution >= 4 is 43.9 Å². The minimum Gasteiger partial charge on any atom is -0.476 e. The summed E-state index contributed by atoms with van der Waals surface area (Å²) in [6, 6.07) is 12.8. The van der Waals surface area contributed by atoms with Gasteiger partial charge in [-0.1, -0.05) is 32.0 Å². The Labute approximate surface area is 190 Å². The highest BCUT2D eigenvalue weighted by molar-refractivity contribution is 9.10. The lowest BCUT2D eigenvalue weighted by Gasteiger charge is -2.40. The van der Waals surface area contributed by atoms with Crippen LogP contribution in [0.5, 0.6) is 5.75 Å². The van der Waals surface area contributed by atoms with Gasteiger partial charge in [-0.05, 0) is 47.0 Å². The number of carbonyl (C=O) groups is 1. The van der Waals surface area contributed by atoms with Crippen molar-refractivity contribution in [3.05, 3.63) is 59.0 Å². The molecule has 0 atom stereocenters. The molecule has 168 valence electrons. The molecule has 0 radical (unpaired) electrons. The van der Waals surface area contributed by atoms with Crippen molar-refractivity contribution in [2.24, 2.45) is 5.41 Å². The molecular formula is C22H25BrFNO5S. The van der Waals surface area contributed by atoms with E-state index in [9.17, 15) is 18.3 Å². The molecule has 0 unspecified atom stereocenters. The third-order valence-electron chi connectivity index (χ3n) is 5.72. The summed E-state index contributed by atoms with van der Waals surface area (Å²) in [4.78, 5) is 13.0. The molecule has 3 rings (SSSR count). The molecule has 0 spiro atoms. The zero-order valence-electron chi connectivity index (χ0n) is 17.2. The van der Waals surface area contributed by atoms with Gasteiger partial charge in [0.25, 0.3) is 0 Å². The Morgan fingerprint density at radius 3 is 2.48 bits per heavy atom. The van der Waals surface area contributed by atoms with Crippen molar-refractivity contribution in [3.63, 3.8) is 0 Å². The van der Waals surface area contributed by atoms with Gasteiger partial charge >= 0.3 is 5.97 Å². The number of anilines is 2. The Hall–Kier alpha value is -2.07. The fourth-order valence-electron chi connectivity index (χ4n) is 3.74. The normalized spacial score (nSPS) is 18.6. The maximum Gasteiger partial charge on any atom is 0.368 e. The smallest absolute Gasteiger partial charge is 0.368 e. The number of hydrogen-bond acceptors (Lipinski definition) is 5. The van der Waals surface area contributed by atoms with Crippen LogP contribution in [0.2, 0.25) is 0 Å². The van der Waals surface area contributed by atoms with Crippen molar-refractivity contribution in [2.75, 3.05) is 17.2 Å². The first-order valence-electron chi connectivity index (χ1n) is 9.80. The summed E-state index contributed by atoms with van der Waals surface area (Å²) in [5.74, 6) is -2.94. The Balaban J connectivity index is 2.19. The molecule has 1 aliphatic rings. The van der Waals surface area contributed by atoms with Crippen LogP contribution in [0.4, 0.5) is 15.8 Å². The number of para-hydroxylation sites is 1. The number of ether oxygens (including phenoxy) is 1. The van der Waals surface area contributed by atoms with Gasteiger partial charge in [0, 0.05) is 29.5 Å². The number of rotatable bonds is 6. The molecule has 9 heteroatoms. The molecule has 0 fully saturated rings. The molecule has 0 amide bonds. The van der Waals surface area contributed by atoms with Crippen LogP contribution >= 0.6 is 26.5 Å². The summed E-state index contributed by atoms with van der Waals surface area (Å²) in [5.41, 5.74) is 1.18. The molecule has 2 aromatic carbocycles. The number of benzene rings is 2. The van der Waals surface area contributed by atoms with E-state index < -0.39 is 22.4 Å². The second kappa shape index (κ2) is 9.20. The van der Waals surface area contributed by atoms with Gasteiger partial charge in [-0.3, -0.25) is 9.11 Å². The van der Waals surface area contributed by atoms with Gasteiger partial charge in [-0.2, -0.15) is 15.0 Å². The molecule has 1 heterocycles. The highest BCUT2D eigenvalue weighted by Crippen LogP contribution is 2.61. The van der Waals surface area contributed by atoms with E-state index >= 15 is 0 Å². The predicted octanol–water partition coefficient (Wildman–Crippen LogP) is 6.79. The van der Waals surface area contributed by atoms with E-state index in [0.717, 1.165) is 18.5 Å². The summed E-state index contributed by atoms with van der Waals surface area (Å²) >= 11 is 3.38. The van der Waals surface area contributed by atoms with Crippen LogP contribution in [0.3, 0.4) is 0 Å². The number of halogens is 2. The van der Waals surface area contributed by atoms with Crippen molar-refractivity contribution in [2.45, 2.75) is 31.6 Å². The van der Waals surface area contributed by atoms with Crippen LogP contribution in [0.25, 0.3) is 0 Å². The predicted molar refractivity (Wildman–Crippen MR) is 124 cm³/mol. The number of carboxylic acids is 1. The molecular weight excluding hydrogens is 489 g/mol. The second-order valence-electron chi connectivity index (χ2n) is 7.58. The molecule has 0 aliphatic carbocycles. The zero-order chi connectivity index (χ0) is 22.8. The summed E-state index contributed by atoms with van der Waals surface area (Å²) < 4.78 is 41.5. The molecule has 0 aromatic heterocycles. The molecule has 2 aromatic rings. The first-order chi connectivity index (χ1) is 14.6. The molecule has 3 N–H and O–H groups in total. The van der Waals surface area contributed by atoms with E-state index in [1.807, 2.05) is 44.2 Å². The van der Waals surface area contributed by atoms with Crippen LogP contribution < -0.4 is 9.64 Å². The lowest BCUT2D eigenvalue weighted by molar-refractivity contribution is -0.134. The average Bonchev–Trinajstić information content (AvgIpc) is 2.84. The number of hydrogen-bond donors (Lipinski definition) is 3. The molecule has 1 aliphatic heterocycles. The van der Waals surface area contributed by atoms with Crippen molar-refractivity contribution in [1.29, 1.82) is 0 Å². The molecule has 0 saturated carbocycles. The van der Waals surface area contributed by atoms with Crippen LogP contribution in [0.1, 0.15) is 26.7 Å². The molecule has 0 saturated heterocycles. The van der Waals surface area contributed by atoms with E-state index in [-0.39, 0.29) is 21.8 Å². The third-order valence-corrected chi connectivity index (χ3v) is 8.38. The molecule has 6 nitrogen and oxygen atoms in total. The highest BCUT2D eigenvalue weighted by Gasteiger charge is 2.41. The van der Waals surface area contributed by atoms with E-state index in [2.05, 4.69) is 20.8 Å². The van der Waals surface area contributed by atoms with Crippen molar-refractivity contribution < 1.29 is 28.1 Å². The first kappa shape index (κ1) is 23.6. The largest absolute Gasteiger partial charge is 0.476 e. The summed E-state index contributed by atoms with van der Waals surface area (Å²) in [6.45, 7) is 4.68. The van der Waals surface area contributed by atoms with Gasteiger partial charge in [0.1, 0.15) is 12.0 Å². The SMILES string of the molecule is CCC1(CC)CN(c2ccccc2)c2cc(Br)c(OC=C(F)C(=O)O)cc2S(O)(O)C1. The second-order valence-corrected chi connectivity index (χ2v) is 10.5. The summed E-state index contributed by atoms with van der Waals surface area (Å²) in [5, 5.41) is 8.70. The van der Waals surface area contributed by atoms with Crippen molar-refractivity contribution in [3.8, 4) is 5.75 Å². The number of nitrogens with zero attached hydrogens (tertiary/aromatic N) is 1. The summed E-state index contributed by atoms with van der Waals surface area (Å²) in [7, 11) is -3.22. The van der Waals surface area contributed by atoms with Crippen LogP contribution in [0, 0.1) is 5.41 Å². The first-order valence-corrected chi connectivity index (χ1v) is 12.3. The third kappa shape index (κ3) is 4.90. The van der Waals surface area contributed by atoms with Crippen LogP contribution in [0.15, 0.2) is 63.9 Å². The fourth-order valence-corrected chi connectivity index (χ4v) is 6.47. The Kier molecular flexibility index (Phi) is 7.00. The maximum atomic E-state index is 13.4. The van der Waals surface area contributed by atoms with E-state index in [1.165, 1.54) is 6.07 Å². The lowest BCUT2D eigenvalue weighted by Crippen LogP contribution is -2.36. The number of carboxylic acid groups (broad SMARTS) is 1. The summed E-state index contributed by atoms with van der Waals surface area (Å²) in [6.07, 6.45) is 2.00. The minimum absolute atomic E-state index is 0.0867. The van der Waals surface area contributed by atoms with Gasteiger partial charge in [-0.15, -0.1) is 0 Å². The fraction of sp³-hybridized carbons (Fsp3) is 0.318. The van der Waals surface area contributed by atoms with Gasteiger partial charge in [0.05, 0.1) is 15.1 Å². The molecule has 0 bridgehead atoms. The lowest BCUT2D eigenvalue weighted by atomic mass is 9.83. The Morgan fingerprint density at radius 1 is 1.26 bits per heavy atom.